The van der Waals surface area contributed by atoms with Crippen molar-refractivity contribution in [1.29, 1.82) is 5.26 Å². The molecule has 3 aromatic carbocycles. The number of hydrogen-bond donors (Lipinski definition) is 0. The fourth-order valence-corrected chi connectivity index (χ4v) is 3.32. The summed E-state index contributed by atoms with van der Waals surface area (Å²) in [6.45, 7) is 0. The Labute approximate surface area is 151 Å². The van der Waals surface area contributed by atoms with E-state index in [0.29, 0.717) is 28.7 Å². The molecule has 0 saturated carbocycles. The van der Waals surface area contributed by atoms with Crippen molar-refractivity contribution in [2.24, 2.45) is 0 Å². The van der Waals surface area contributed by atoms with E-state index in [1.54, 1.807) is 14.2 Å². The van der Waals surface area contributed by atoms with Gasteiger partial charge in [0.25, 0.3) is 0 Å². The van der Waals surface area contributed by atoms with Gasteiger partial charge in [-0.05, 0) is 17.5 Å². The highest BCUT2D eigenvalue weighted by atomic mass is 16.5. The number of benzene rings is 3. The van der Waals surface area contributed by atoms with E-state index in [9.17, 15) is 5.26 Å². The minimum atomic E-state index is 0.278. The fraction of sp³-hybridized carbons (Fsp3) is 0.250. The monoisotopic (exact) mass is 353 g/mol. The molecule has 0 amide bonds. The number of methoxy groups -OCH3 is 5. The third-order valence-electron chi connectivity index (χ3n) is 4.38. The van der Waals surface area contributed by atoms with E-state index in [1.807, 2.05) is 24.3 Å². The molecule has 0 saturated heterocycles. The lowest BCUT2D eigenvalue weighted by Gasteiger charge is -2.19. The number of rotatable bonds is 5. The molecular weight excluding hydrogens is 334 g/mol. The first-order valence-corrected chi connectivity index (χ1v) is 7.86. The number of nitrogens with zero attached hydrogens (tertiary/aromatic N) is 1. The Morgan fingerprint density at radius 3 is 1.81 bits per heavy atom. The molecule has 6 heteroatoms. The second-order valence-corrected chi connectivity index (χ2v) is 5.47. The van der Waals surface area contributed by atoms with E-state index in [-0.39, 0.29) is 5.56 Å². The first-order valence-electron chi connectivity index (χ1n) is 7.86. The molecule has 0 aliphatic rings. The average molecular weight is 353 g/mol. The molecule has 0 aromatic heterocycles. The molecular formula is C20H19NO5. The standard InChI is InChI=1S/C20H19NO5/c1-22-14-9-7-11-6-8-12-16(15(11)19(14)25-4)20(26-5)18(24-3)13(10-21)17(12)23-2/h6-9H,1-5H3. The molecule has 0 atom stereocenters. The van der Waals surface area contributed by atoms with E-state index in [2.05, 4.69) is 6.07 Å². The van der Waals surface area contributed by atoms with Gasteiger partial charge in [-0.25, -0.2) is 0 Å². The van der Waals surface area contributed by atoms with Crippen LogP contribution in [0, 0.1) is 11.3 Å². The molecule has 0 radical (unpaired) electrons. The van der Waals surface area contributed by atoms with E-state index >= 15 is 0 Å². The molecule has 0 N–H and O–H groups in total. The van der Waals surface area contributed by atoms with Crippen molar-refractivity contribution in [1.82, 2.24) is 0 Å². The maximum Gasteiger partial charge on any atom is 0.183 e. The molecule has 0 aliphatic heterocycles. The third-order valence-corrected chi connectivity index (χ3v) is 4.38. The maximum absolute atomic E-state index is 9.63. The average Bonchev–Trinajstić information content (AvgIpc) is 2.69. The molecule has 0 bridgehead atoms. The normalized spacial score (nSPS) is 10.5. The van der Waals surface area contributed by atoms with Crippen LogP contribution in [-0.4, -0.2) is 35.5 Å². The van der Waals surface area contributed by atoms with Gasteiger partial charge in [0, 0.05) is 16.2 Å². The highest BCUT2D eigenvalue weighted by molar-refractivity contribution is 6.17. The Bertz CT molecular complexity index is 1040. The summed E-state index contributed by atoms with van der Waals surface area (Å²) in [4.78, 5) is 0. The summed E-state index contributed by atoms with van der Waals surface area (Å²) in [5.41, 5.74) is 0.278. The smallest absolute Gasteiger partial charge is 0.183 e. The number of fused-ring (bicyclic) bond motifs is 3. The van der Waals surface area contributed by atoms with Crippen LogP contribution in [0.5, 0.6) is 28.7 Å². The van der Waals surface area contributed by atoms with Crippen LogP contribution < -0.4 is 23.7 Å². The molecule has 3 rings (SSSR count). The molecule has 3 aromatic rings. The summed E-state index contributed by atoms with van der Waals surface area (Å²) in [5, 5.41) is 12.8. The lowest BCUT2D eigenvalue weighted by atomic mass is 9.96. The van der Waals surface area contributed by atoms with Gasteiger partial charge in [0.1, 0.15) is 17.4 Å². The first-order chi connectivity index (χ1) is 12.7. The number of ether oxygens (including phenoxy) is 5. The van der Waals surface area contributed by atoms with Gasteiger partial charge in [-0.3, -0.25) is 0 Å². The number of hydrogen-bond acceptors (Lipinski definition) is 6. The van der Waals surface area contributed by atoms with E-state index < -0.39 is 0 Å². The lowest BCUT2D eigenvalue weighted by molar-refractivity contribution is 0.351. The molecule has 0 unspecified atom stereocenters. The fourth-order valence-electron chi connectivity index (χ4n) is 3.32. The van der Waals surface area contributed by atoms with Crippen molar-refractivity contribution in [3.8, 4) is 34.8 Å². The van der Waals surface area contributed by atoms with Crippen LogP contribution in [0.25, 0.3) is 21.5 Å². The number of nitriles is 1. The zero-order valence-electron chi connectivity index (χ0n) is 15.3. The zero-order chi connectivity index (χ0) is 18.8. The zero-order valence-corrected chi connectivity index (χ0v) is 15.3. The van der Waals surface area contributed by atoms with Gasteiger partial charge < -0.3 is 23.7 Å². The quantitative estimate of drug-likeness (QED) is 0.648. The maximum atomic E-state index is 9.63. The van der Waals surface area contributed by atoms with Gasteiger partial charge in [0.2, 0.25) is 0 Å². The Balaban J connectivity index is 2.69. The minimum Gasteiger partial charge on any atom is -0.495 e. The highest BCUT2D eigenvalue weighted by Crippen LogP contribution is 2.50. The molecule has 134 valence electrons. The molecule has 0 aliphatic carbocycles. The Morgan fingerprint density at radius 2 is 1.27 bits per heavy atom. The van der Waals surface area contributed by atoms with Gasteiger partial charge in [0.15, 0.2) is 23.0 Å². The summed E-state index contributed by atoms with van der Waals surface area (Å²) in [6.07, 6.45) is 0. The van der Waals surface area contributed by atoms with Crippen LogP contribution in [0.4, 0.5) is 0 Å². The van der Waals surface area contributed by atoms with Crippen LogP contribution in [0.2, 0.25) is 0 Å². The largest absolute Gasteiger partial charge is 0.495 e. The van der Waals surface area contributed by atoms with Gasteiger partial charge >= 0.3 is 0 Å². The SMILES string of the molecule is COc1ccc2ccc3c(OC)c(C#N)c(OC)c(OC)c3c2c1OC. The van der Waals surface area contributed by atoms with Crippen LogP contribution in [0.1, 0.15) is 5.56 Å². The van der Waals surface area contributed by atoms with E-state index in [0.717, 1.165) is 21.5 Å². The van der Waals surface area contributed by atoms with E-state index in [4.69, 9.17) is 23.7 Å². The van der Waals surface area contributed by atoms with Crippen molar-refractivity contribution in [2.45, 2.75) is 0 Å². The second-order valence-electron chi connectivity index (χ2n) is 5.47. The predicted molar refractivity (Wildman–Crippen MR) is 98.9 cm³/mol. The summed E-state index contributed by atoms with van der Waals surface area (Å²) >= 11 is 0. The first kappa shape index (κ1) is 17.5. The third kappa shape index (κ3) is 2.32. The molecule has 6 nitrogen and oxygen atoms in total. The van der Waals surface area contributed by atoms with Crippen LogP contribution in [0.15, 0.2) is 24.3 Å². The Hall–Kier alpha value is -3.33. The van der Waals surface area contributed by atoms with Crippen LogP contribution >= 0.6 is 0 Å². The van der Waals surface area contributed by atoms with Crippen molar-refractivity contribution in [3.63, 3.8) is 0 Å². The minimum absolute atomic E-state index is 0.278. The van der Waals surface area contributed by atoms with Crippen molar-refractivity contribution in [3.05, 3.63) is 29.8 Å². The van der Waals surface area contributed by atoms with Gasteiger partial charge in [-0.1, -0.05) is 12.1 Å². The van der Waals surface area contributed by atoms with Crippen molar-refractivity contribution in [2.75, 3.05) is 35.5 Å². The highest BCUT2D eigenvalue weighted by Gasteiger charge is 2.25. The summed E-state index contributed by atoms with van der Waals surface area (Å²) in [7, 11) is 7.72. The van der Waals surface area contributed by atoms with Crippen LogP contribution in [0.3, 0.4) is 0 Å². The Kier molecular flexibility index (Phi) is 4.63. The van der Waals surface area contributed by atoms with Gasteiger partial charge in [-0.2, -0.15) is 5.26 Å². The topological polar surface area (TPSA) is 69.9 Å². The summed E-state index contributed by atoms with van der Waals surface area (Å²) in [6, 6.07) is 9.76. The van der Waals surface area contributed by atoms with E-state index in [1.165, 1.54) is 21.3 Å². The van der Waals surface area contributed by atoms with Gasteiger partial charge in [0.05, 0.1) is 35.5 Å². The van der Waals surface area contributed by atoms with Crippen LogP contribution in [-0.2, 0) is 0 Å². The molecule has 0 heterocycles. The van der Waals surface area contributed by atoms with Crippen molar-refractivity contribution >= 4 is 21.5 Å². The van der Waals surface area contributed by atoms with Crippen molar-refractivity contribution < 1.29 is 23.7 Å². The second kappa shape index (κ2) is 6.89. The summed E-state index contributed by atoms with van der Waals surface area (Å²) in [5.74, 6) is 2.35. The lowest BCUT2D eigenvalue weighted by Crippen LogP contribution is -2.00. The molecule has 26 heavy (non-hydrogen) atoms. The molecule has 0 spiro atoms. The molecule has 0 fully saturated rings. The predicted octanol–water partition coefficient (Wildman–Crippen LogP) is 3.91. The summed E-state index contributed by atoms with van der Waals surface area (Å²) < 4.78 is 27.8. The Morgan fingerprint density at radius 1 is 0.654 bits per heavy atom. The van der Waals surface area contributed by atoms with Gasteiger partial charge in [-0.15, -0.1) is 0 Å².